The summed E-state index contributed by atoms with van der Waals surface area (Å²) in [4.78, 5) is 17.4. The third-order valence-electron chi connectivity index (χ3n) is 3.10. The molecule has 0 fully saturated rings. The maximum absolute atomic E-state index is 12.4. The van der Waals surface area contributed by atoms with E-state index in [2.05, 4.69) is 10.3 Å². The molecule has 1 N–H and O–H groups in total. The molecule has 0 unspecified atom stereocenters. The molecule has 0 aliphatic carbocycles. The predicted octanol–water partition coefficient (Wildman–Crippen LogP) is 4.37. The van der Waals surface area contributed by atoms with Crippen LogP contribution in [0, 0.1) is 6.92 Å². The molecule has 0 aliphatic rings. The Kier molecular flexibility index (Phi) is 3.79. The van der Waals surface area contributed by atoms with E-state index in [0.29, 0.717) is 4.88 Å². The summed E-state index contributed by atoms with van der Waals surface area (Å²) >= 11 is 1.35. The van der Waals surface area contributed by atoms with Gasteiger partial charge in [-0.25, -0.2) is 4.98 Å². The summed E-state index contributed by atoms with van der Waals surface area (Å²) in [7, 11) is 0. The second-order valence-electron chi connectivity index (χ2n) is 4.72. The maximum atomic E-state index is 12.4. The normalized spacial score (nSPS) is 10.3. The van der Waals surface area contributed by atoms with Crippen LogP contribution >= 0.6 is 11.3 Å². The van der Waals surface area contributed by atoms with Crippen LogP contribution in [0.25, 0.3) is 11.3 Å². The zero-order chi connectivity index (χ0) is 14.7. The van der Waals surface area contributed by atoms with E-state index in [1.807, 2.05) is 61.5 Å². The number of benzene rings is 2. The van der Waals surface area contributed by atoms with Crippen LogP contribution in [0.3, 0.4) is 0 Å². The number of thiazole rings is 1. The first kappa shape index (κ1) is 13.5. The van der Waals surface area contributed by atoms with E-state index in [1.54, 1.807) is 5.51 Å². The van der Waals surface area contributed by atoms with Crippen molar-refractivity contribution in [3.05, 3.63) is 70.5 Å². The highest BCUT2D eigenvalue weighted by Crippen LogP contribution is 2.26. The topological polar surface area (TPSA) is 42.0 Å². The molecule has 0 bridgehead atoms. The lowest BCUT2D eigenvalue weighted by Crippen LogP contribution is -2.11. The molecule has 4 heteroatoms. The second kappa shape index (κ2) is 5.89. The van der Waals surface area contributed by atoms with Crippen LogP contribution < -0.4 is 5.32 Å². The third-order valence-corrected chi connectivity index (χ3v) is 3.92. The Morgan fingerprint density at radius 2 is 1.90 bits per heavy atom. The molecule has 104 valence electrons. The highest BCUT2D eigenvalue weighted by atomic mass is 32.1. The first-order chi connectivity index (χ1) is 10.2. The Hall–Kier alpha value is -2.46. The first-order valence-corrected chi connectivity index (χ1v) is 7.49. The van der Waals surface area contributed by atoms with Gasteiger partial charge in [0.2, 0.25) is 0 Å². The number of nitrogens with zero attached hydrogens (tertiary/aromatic N) is 1. The smallest absolute Gasteiger partial charge is 0.268 e. The van der Waals surface area contributed by atoms with Gasteiger partial charge in [0.25, 0.3) is 5.91 Å². The number of carbonyl (C=O) groups is 1. The molecule has 3 nitrogen and oxygen atoms in total. The van der Waals surface area contributed by atoms with Crippen LogP contribution in [0.15, 0.2) is 60.1 Å². The number of nitrogens with one attached hydrogen (secondary N) is 1. The van der Waals surface area contributed by atoms with E-state index in [-0.39, 0.29) is 5.91 Å². The molecule has 0 atom stereocenters. The van der Waals surface area contributed by atoms with Crippen LogP contribution in [-0.4, -0.2) is 10.9 Å². The average Bonchev–Trinajstić information content (AvgIpc) is 2.98. The minimum absolute atomic E-state index is 0.123. The summed E-state index contributed by atoms with van der Waals surface area (Å²) in [5.41, 5.74) is 5.29. The lowest BCUT2D eigenvalue weighted by atomic mass is 10.1. The van der Waals surface area contributed by atoms with Gasteiger partial charge in [0, 0.05) is 11.3 Å². The fraction of sp³-hybridized carbons (Fsp3) is 0.0588. The number of hydrogen-bond acceptors (Lipinski definition) is 3. The Morgan fingerprint density at radius 1 is 1.10 bits per heavy atom. The predicted molar refractivity (Wildman–Crippen MR) is 86.7 cm³/mol. The zero-order valence-electron chi connectivity index (χ0n) is 11.5. The van der Waals surface area contributed by atoms with Crippen molar-refractivity contribution < 1.29 is 4.79 Å². The van der Waals surface area contributed by atoms with E-state index in [0.717, 1.165) is 22.5 Å². The van der Waals surface area contributed by atoms with Crippen LogP contribution in [0.1, 0.15) is 15.2 Å². The van der Waals surface area contributed by atoms with Gasteiger partial charge < -0.3 is 5.32 Å². The summed E-state index contributed by atoms with van der Waals surface area (Å²) in [5, 5.41) is 2.93. The van der Waals surface area contributed by atoms with Crippen LogP contribution in [0.4, 0.5) is 5.69 Å². The standard InChI is InChI=1S/C17H14N2OS/c1-12-6-5-9-14(10-12)19-17(20)16-15(18-11-21-16)13-7-3-2-4-8-13/h2-11H,1H3,(H,19,20). The van der Waals surface area contributed by atoms with E-state index in [4.69, 9.17) is 0 Å². The van der Waals surface area contributed by atoms with Gasteiger partial charge in [0.15, 0.2) is 0 Å². The molecule has 3 aromatic rings. The van der Waals surface area contributed by atoms with Crippen LogP contribution in [0.2, 0.25) is 0 Å². The zero-order valence-corrected chi connectivity index (χ0v) is 12.4. The molecule has 1 heterocycles. The van der Waals surface area contributed by atoms with Crippen molar-refractivity contribution in [1.82, 2.24) is 4.98 Å². The molecule has 3 rings (SSSR count). The van der Waals surface area contributed by atoms with Gasteiger partial charge in [-0.05, 0) is 24.6 Å². The van der Waals surface area contributed by atoms with Gasteiger partial charge in [-0.3, -0.25) is 4.79 Å². The molecular weight excluding hydrogens is 280 g/mol. The molecule has 21 heavy (non-hydrogen) atoms. The fourth-order valence-corrected chi connectivity index (χ4v) is 2.82. The average molecular weight is 294 g/mol. The quantitative estimate of drug-likeness (QED) is 0.779. The molecule has 0 spiro atoms. The van der Waals surface area contributed by atoms with E-state index in [1.165, 1.54) is 11.3 Å². The van der Waals surface area contributed by atoms with Gasteiger partial charge >= 0.3 is 0 Å². The molecule has 1 aromatic heterocycles. The van der Waals surface area contributed by atoms with E-state index < -0.39 is 0 Å². The van der Waals surface area contributed by atoms with Crippen LogP contribution in [-0.2, 0) is 0 Å². The van der Waals surface area contributed by atoms with Crippen molar-refractivity contribution in [2.45, 2.75) is 6.92 Å². The molecule has 0 radical (unpaired) electrons. The summed E-state index contributed by atoms with van der Waals surface area (Å²) in [5.74, 6) is -0.123. The van der Waals surface area contributed by atoms with Gasteiger partial charge in [-0.15, -0.1) is 11.3 Å². The Balaban J connectivity index is 1.88. The lowest BCUT2D eigenvalue weighted by molar-refractivity contribution is 0.103. The Morgan fingerprint density at radius 3 is 2.67 bits per heavy atom. The molecule has 0 saturated heterocycles. The number of aryl methyl sites for hydroxylation is 1. The van der Waals surface area contributed by atoms with Gasteiger partial charge in [-0.1, -0.05) is 42.5 Å². The van der Waals surface area contributed by atoms with Gasteiger partial charge in [0.05, 0.1) is 11.2 Å². The van der Waals surface area contributed by atoms with E-state index in [9.17, 15) is 4.79 Å². The third kappa shape index (κ3) is 3.01. The second-order valence-corrected chi connectivity index (χ2v) is 5.57. The minimum Gasteiger partial charge on any atom is -0.321 e. The molecule has 1 amide bonds. The van der Waals surface area contributed by atoms with Gasteiger partial charge in [0.1, 0.15) is 4.88 Å². The van der Waals surface area contributed by atoms with Crippen molar-refractivity contribution in [3.8, 4) is 11.3 Å². The van der Waals surface area contributed by atoms with Gasteiger partial charge in [-0.2, -0.15) is 0 Å². The number of aromatic nitrogens is 1. The SMILES string of the molecule is Cc1cccc(NC(=O)c2scnc2-c2ccccc2)c1. The number of rotatable bonds is 3. The first-order valence-electron chi connectivity index (χ1n) is 6.61. The fourth-order valence-electron chi connectivity index (χ4n) is 2.12. The monoisotopic (exact) mass is 294 g/mol. The van der Waals surface area contributed by atoms with Crippen molar-refractivity contribution in [1.29, 1.82) is 0 Å². The molecule has 2 aromatic carbocycles. The van der Waals surface area contributed by atoms with Crippen molar-refractivity contribution in [3.63, 3.8) is 0 Å². The van der Waals surface area contributed by atoms with Crippen molar-refractivity contribution >= 4 is 22.9 Å². The summed E-state index contributed by atoms with van der Waals surface area (Å²) in [6.45, 7) is 2.00. The summed E-state index contributed by atoms with van der Waals surface area (Å²) in [6.07, 6.45) is 0. The summed E-state index contributed by atoms with van der Waals surface area (Å²) < 4.78 is 0. The Labute approximate surface area is 127 Å². The highest BCUT2D eigenvalue weighted by Gasteiger charge is 2.16. The van der Waals surface area contributed by atoms with Crippen molar-refractivity contribution in [2.75, 3.05) is 5.32 Å². The molecule has 0 aliphatic heterocycles. The number of hydrogen-bond donors (Lipinski definition) is 1. The van der Waals surface area contributed by atoms with E-state index >= 15 is 0 Å². The molecular formula is C17H14N2OS. The van der Waals surface area contributed by atoms with Crippen LogP contribution in [0.5, 0.6) is 0 Å². The lowest BCUT2D eigenvalue weighted by Gasteiger charge is -2.06. The largest absolute Gasteiger partial charge is 0.321 e. The number of anilines is 1. The summed E-state index contributed by atoms with van der Waals surface area (Å²) in [6, 6.07) is 17.5. The minimum atomic E-state index is -0.123. The highest BCUT2D eigenvalue weighted by molar-refractivity contribution is 7.12. The number of amides is 1. The number of carbonyl (C=O) groups excluding carboxylic acids is 1. The molecule has 0 saturated carbocycles. The maximum Gasteiger partial charge on any atom is 0.268 e. The van der Waals surface area contributed by atoms with Crippen molar-refractivity contribution in [2.24, 2.45) is 0 Å². The Bertz CT molecular complexity index is 765.